The van der Waals surface area contributed by atoms with Gasteiger partial charge in [0.05, 0.1) is 7.11 Å². The van der Waals surface area contributed by atoms with Crippen LogP contribution < -0.4 is 15.8 Å². The molecule has 0 aromatic heterocycles. The summed E-state index contributed by atoms with van der Waals surface area (Å²) in [6.45, 7) is 3.42. The van der Waals surface area contributed by atoms with Gasteiger partial charge in [-0.2, -0.15) is 0 Å². The monoisotopic (exact) mass is 251 g/mol. The van der Waals surface area contributed by atoms with Gasteiger partial charge in [-0.3, -0.25) is 0 Å². The van der Waals surface area contributed by atoms with Crippen molar-refractivity contribution in [3.63, 3.8) is 0 Å². The van der Waals surface area contributed by atoms with E-state index in [0.717, 1.165) is 18.7 Å². The van der Waals surface area contributed by atoms with Gasteiger partial charge in [-0.05, 0) is 24.6 Å². The molecule has 0 aliphatic carbocycles. The van der Waals surface area contributed by atoms with E-state index in [1.54, 1.807) is 7.11 Å². The lowest BCUT2D eigenvalue weighted by atomic mass is 10.1. The van der Waals surface area contributed by atoms with E-state index in [4.69, 9.17) is 15.7 Å². The van der Waals surface area contributed by atoms with Crippen molar-refractivity contribution in [2.45, 2.75) is 13.3 Å². The maximum absolute atomic E-state index is 8.53. The summed E-state index contributed by atoms with van der Waals surface area (Å²) in [6, 6.07) is 7.95. The number of oxime groups is 1. The molecule has 0 amide bonds. The van der Waals surface area contributed by atoms with Crippen LogP contribution >= 0.6 is 0 Å². The highest BCUT2D eigenvalue weighted by Crippen LogP contribution is 2.17. The minimum absolute atomic E-state index is 0.0210. The van der Waals surface area contributed by atoms with Crippen molar-refractivity contribution in [1.82, 2.24) is 5.32 Å². The van der Waals surface area contributed by atoms with Crippen molar-refractivity contribution >= 4 is 5.84 Å². The Morgan fingerprint density at radius 2 is 2.22 bits per heavy atom. The van der Waals surface area contributed by atoms with Crippen molar-refractivity contribution in [1.29, 1.82) is 0 Å². The van der Waals surface area contributed by atoms with E-state index in [2.05, 4.69) is 10.5 Å². The van der Waals surface area contributed by atoms with E-state index in [1.807, 2.05) is 31.2 Å². The van der Waals surface area contributed by atoms with Crippen molar-refractivity contribution in [2.24, 2.45) is 16.8 Å². The lowest BCUT2D eigenvalue weighted by Gasteiger charge is -2.12. The molecule has 100 valence electrons. The van der Waals surface area contributed by atoms with Crippen LogP contribution in [0.15, 0.2) is 29.4 Å². The molecule has 0 heterocycles. The van der Waals surface area contributed by atoms with E-state index in [9.17, 15) is 0 Å². The van der Waals surface area contributed by atoms with Crippen LogP contribution in [0.1, 0.15) is 12.5 Å². The maximum atomic E-state index is 8.53. The minimum atomic E-state index is 0.0210. The van der Waals surface area contributed by atoms with E-state index < -0.39 is 0 Å². The molecule has 1 rings (SSSR count). The van der Waals surface area contributed by atoms with Crippen LogP contribution in [0, 0.1) is 5.92 Å². The summed E-state index contributed by atoms with van der Waals surface area (Å²) in [7, 11) is 1.67. The minimum Gasteiger partial charge on any atom is -0.496 e. The number of nitrogens with zero attached hydrogens (tertiary/aromatic N) is 1. The van der Waals surface area contributed by atoms with Crippen LogP contribution in [0.5, 0.6) is 5.75 Å². The zero-order chi connectivity index (χ0) is 13.4. The first-order valence-electron chi connectivity index (χ1n) is 5.99. The SMILES string of the molecule is COc1ccccc1CCNCC(C)/C(N)=N/O. The number of rotatable bonds is 7. The normalized spacial score (nSPS) is 13.3. The number of nitrogens with two attached hydrogens (primary N) is 1. The van der Waals surface area contributed by atoms with Gasteiger partial charge in [0.2, 0.25) is 0 Å². The molecule has 1 atom stereocenters. The number of para-hydroxylation sites is 1. The molecule has 4 N–H and O–H groups in total. The number of methoxy groups -OCH3 is 1. The molecule has 5 heteroatoms. The fourth-order valence-electron chi connectivity index (χ4n) is 1.65. The van der Waals surface area contributed by atoms with Crippen molar-refractivity contribution in [3.8, 4) is 5.75 Å². The Morgan fingerprint density at radius 3 is 2.89 bits per heavy atom. The number of hydrogen-bond donors (Lipinski definition) is 3. The molecule has 1 unspecified atom stereocenters. The number of nitrogens with one attached hydrogen (secondary N) is 1. The van der Waals surface area contributed by atoms with Gasteiger partial charge in [0.1, 0.15) is 11.6 Å². The fourth-order valence-corrected chi connectivity index (χ4v) is 1.65. The number of amidine groups is 1. The van der Waals surface area contributed by atoms with Gasteiger partial charge >= 0.3 is 0 Å². The first-order chi connectivity index (χ1) is 8.69. The summed E-state index contributed by atoms with van der Waals surface area (Å²) in [5.41, 5.74) is 6.67. The lowest BCUT2D eigenvalue weighted by molar-refractivity contribution is 0.314. The Labute approximate surface area is 108 Å². The summed E-state index contributed by atoms with van der Waals surface area (Å²) in [5, 5.41) is 14.8. The molecular formula is C13H21N3O2. The molecule has 5 nitrogen and oxygen atoms in total. The average Bonchev–Trinajstić information content (AvgIpc) is 2.42. The van der Waals surface area contributed by atoms with Gasteiger partial charge in [-0.15, -0.1) is 0 Å². The highest BCUT2D eigenvalue weighted by Gasteiger charge is 2.07. The van der Waals surface area contributed by atoms with Gasteiger partial charge < -0.3 is 21.0 Å². The second-order valence-electron chi connectivity index (χ2n) is 4.19. The predicted molar refractivity (Wildman–Crippen MR) is 72.1 cm³/mol. The van der Waals surface area contributed by atoms with Gasteiger partial charge in [0, 0.05) is 12.5 Å². The van der Waals surface area contributed by atoms with E-state index >= 15 is 0 Å². The smallest absolute Gasteiger partial charge is 0.143 e. The third kappa shape index (κ3) is 4.25. The van der Waals surface area contributed by atoms with Crippen LogP contribution in [-0.2, 0) is 6.42 Å². The Balaban J connectivity index is 2.34. The summed E-state index contributed by atoms with van der Waals surface area (Å²) in [5.74, 6) is 1.18. The Morgan fingerprint density at radius 1 is 1.50 bits per heavy atom. The summed E-state index contributed by atoms with van der Waals surface area (Å²) in [6.07, 6.45) is 0.882. The zero-order valence-electron chi connectivity index (χ0n) is 10.9. The number of hydrogen-bond acceptors (Lipinski definition) is 4. The zero-order valence-corrected chi connectivity index (χ0v) is 10.9. The fraction of sp³-hybridized carbons (Fsp3) is 0.462. The highest BCUT2D eigenvalue weighted by atomic mass is 16.5. The summed E-state index contributed by atoms with van der Waals surface area (Å²) < 4.78 is 5.28. The molecule has 1 aromatic carbocycles. The quantitative estimate of drug-likeness (QED) is 0.224. The van der Waals surface area contributed by atoms with Crippen LogP contribution in [-0.4, -0.2) is 31.2 Å². The molecule has 0 aliphatic rings. The van der Waals surface area contributed by atoms with Crippen LogP contribution in [0.3, 0.4) is 0 Å². The second-order valence-corrected chi connectivity index (χ2v) is 4.19. The standard InChI is InChI=1S/C13H21N3O2/c1-10(13(14)16-17)9-15-8-7-11-5-3-4-6-12(11)18-2/h3-6,10,15,17H,7-9H2,1-2H3,(H2,14,16). The third-order valence-corrected chi connectivity index (χ3v) is 2.83. The Hall–Kier alpha value is -1.75. The van der Waals surface area contributed by atoms with Gasteiger partial charge in [0.15, 0.2) is 0 Å². The molecule has 0 radical (unpaired) electrons. The topological polar surface area (TPSA) is 79.9 Å². The molecule has 0 bridgehead atoms. The summed E-state index contributed by atoms with van der Waals surface area (Å²) >= 11 is 0. The molecule has 0 aliphatic heterocycles. The van der Waals surface area contributed by atoms with Gasteiger partial charge in [-0.25, -0.2) is 0 Å². The maximum Gasteiger partial charge on any atom is 0.143 e. The molecule has 18 heavy (non-hydrogen) atoms. The highest BCUT2D eigenvalue weighted by molar-refractivity contribution is 5.82. The Bertz CT molecular complexity index is 394. The largest absolute Gasteiger partial charge is 0.496 e. The number of benzene rings is 1. The van der Waals surface area contributed by atoms with Crippen LogP contribution in [0.25, 0.3) is 0 Å². The molecular weight excluding hydrogens is 230 g/mol. The van der Waals surface area contributed by atoms with E-state index in [-0.39, 0.29) is 11.8 Å². The van der Waals surface area contributed by atoms with E-state index in [1.165, 1.54) is 5.56 Å². The average molecular weight is 251 g/mol. The summed E-state index contributed by atoms with van der Waals surface area (Å²) in [4.78, 5) is 0. The molecule has 0 saturated carbocycles. The third-order valence-electron chi connectivity index (χ3n) is 2.83. The lowest BCUT2D eigenvalue weighted by Crippen LogP contribution is -2.32. The van der Waals surface area contributed by atoms with Crippen LogP contribution in [0.2, 0.25) is 0 Å². The number of ether oxygens (including phenoxy) is 1. The van der Waals surface area contributed by atoms with Crippen molar-refractivity contribution < 1.29 is 9.94 Å². The van der Waals surface area contributed by atoms with Crippen LogP contribution in [0.4, 0.5) is 0 Å². The molecule has 0 saturated heterocycles. The molecule has 1 aromatic rings. The second kappa shape index (κ2) is 7.55. The molecule has 0 spiro atoms. The van der Waals surface area contributed by atoms with Gasteiger partial charge in [0.25, 0.3) is 0 Å². The first kappa shape index (κ1) is 14.3. The van der Waals surface area contributed by atoms with Gasteiger partial charge in [-0.1, -0.05) is 30.3 Å². The van der Waals surface area contributed by atoms with Crippen molar-refractivity contribution in [3.05, 3.63) is 29.8 Å². The Kier molecular flexibility index (Phi) is 6.00. The predicted octanol–water partition coefficient (Wildman–Crippen LogP) is 1.21. The van der Waals surface area contributed by atoms with Crippen molar-refractivity contribution in [2.75, 3.05) is 20.2 Å². The first-order valence-corrected chi connectivity index (χ1v) is 5.99. The molecule has 0 fully saturated rings. The van der Waals surface area contributed by atoms with E-state index in [0.29, 0.717) is 6.54 Å².